The predicted molar refractivity (Wildman–Crippen MR) is 190 cm³/mol. The van der Waals surface area contributed by atoms with Crippen molar-refractivity contribution in [2.75, 3.05) is 0 Å². The van der Waals surface area contributed by atoms with Gasteiger partial charge in [-0.3, -0.25) is 0 Å². The van der Waals surface area contributed by atoms with Crippen LogP contribution in [0.1, 0.15) is 104 Å². The van der Waals surface area contributed by atoms with Crippen LogP contribution < -0.4 is 14.3 Å². The summed E-state index contributed by atoms with van der Waals surface area (Å²) in [7, 11) is -0.185. The third kappa shape index (κ3) is 6.92. The second kappa shape index (κ2) is 12.8. The summed E-state index contributed by atoms with van der Waals surface area (Å²) in [6.07, 6.45) is 5.11. The molecule has 2 aromatic heterocycles. The molecule has 10 heteroatoms. The lowest BCUT2D eigenvalue weighted by Crippen LogP contribution is -2.49. The molecule has 3 heterocycles. The molecule has 2 aromatic carbocycles. The van der Waals surface area contributed by atoms with E-state index in [0.717, 1.165) is 67.4 Å². The van der Waals surface area contributed by atoms with Crippen molar-refractivity contribution < 1.29 is 28.6 Å². The van der Waals surface area contributed by atoms with Gasteiger partial charge in [0.1, 0.15) is 5.75 Å². The zero-order chi connectivity index (χ0) is 32.8. The number of hydrogen-bond donors (Lipinski definition) is 1. The van der Waals surface area contributed by atoms with Gasteiger partial charge in [-0.15, -0.1) is 22.7 Å². The van der Waals surface area contributed by atoms with Gasteiger partial charge in [0, 0.05) is 14.9 Å². The van der Waals surface area contributed by atoms with Crippen molar-refractivity contribution in [3.05, 3.63) is 53.6 Å². The summed E-state index contributed by atoms with van der Waals surface area (Å²) in [6.45, 7) is 17.8. The normalized spacial score (nSPS) is 16.5. The summed E-state index contributed by atoms with van der Waals surface area (Å²) >= 11 is 3.30. The maximum Gasteiger partial charge on any atom is 0.505 e. The van der Waals surface area contributed by atoms with Crippen LogP contribution in [0.5, 0.6) is 5.75 Å². The van der Waals surface area contributed by atoms with Crippen LogP contribution in [0.4, 0.5) is 0 Å². The summed E-state index contributed by atoms with van der Waals surface area (Å²) in [4.78, 5) is 14.2. The molecule has 0 unspecified atom stereocenters. The smallest absolute Gasteiger partial charge is 0.426 e. The van der Waals surface area contributed by atoms with Crippen molar-refractivity contribution in [2.45, 2.75) is 117 Å². The molecule has 1 aliphatic rings. The number of fused-ring (bicyclic) bond motifs is 3. The molecule has 1 saturated heterocycles. The van der Waals surface area contributed by atoms with Crippen LogP contribution in [-0.2, 0) is 20.4 Å². The number of unbranched alkanes of at least 4 members (excludes halogenated alkanes) is 3. The lowest BCUT2D eigenvalue weighted by molar-refractivity contribution is -0.0892. The molecular formula is C35H46B2O6S2. The van der Waals surface area contributed by atoms with E-state index >= 15 is 0 Å². The van der Waals surface area contributed by atoms with Gasteiger partial charge in [0.05, 0.1) is 37.4 Å². The van der Waals surface area contributed by atoms with E-state index in [9.17, 15) is 9.90 Å². The lowest BCUT2D eigenvalue weighted by Gasteiger charge is -2.37. The summed E-state index contributed by atoms with van der Waals surface area (Å²) < 4.78 is 29.3. The van der Waals surface area contributed by atoms with E-state index in [-0.39, 0.29) is 5.97 Å². The predicted octanol–water partition coefficient (Wildman–Crippen LogP) is 7.30. The minimum Gasteiger partial charge on any atom is -0.426 e. The van der Waals surface area contributed by atoms with Crippen LogP contribution in [0, 0.1) is 0 Å². The van der Waals surface area contributed by atoms with Crippen LogP contribution in [0.2, 0.25) is 0 Å². The summed E-state index contributed by atoms with van der Waals surface area (Å²) in [5.74, 6) is 0.159. The number of aliphatic hydroxyl groups is 1. The molecule has 4 aromatic rings. The maximum atomic E-state index is 14.2. The minimum absolute atomic E-state index is 0.354. The van der Waals surface area contributed by atoms with Crippen LogP contribution >= 0.6 is 22.7 Å². The van der Waals surface area contributed by atoms with Crippen LogP contribution in [0.15, 0.2) is 42.5 Å². The highest BCUT2D eigenvalue weighted by molar-refractivity contribution is 7.34. The van der Waals surface area contributed by atoms with Crippen LogP contribution in [0.3, 0.4) is 0 Å². The van der Waals surface area contributed by atoms with Gasteiger partial charge in [-0.1, -0.05) is 44.4 Å². The molecule has 1 N–H and O–H groups in total. The molecule has 6 nitrogen and oxygen atoms in total. The molecule has 0 radical (unpaired) electrons. The molecule has 1 fully saturated rings. The number of aryl methyl sites for hydroxylation is 1. The van der Waals surface area contributed by atoms with E-state index in [1.165, 1.54) is 0 Å². The van der Waals surface area contributed by atoms with E-state index in [0.29, 0.717) is 18.8 Å². The molecule has 0 bridgehead atoms. The molecule has 0 spiro atoms. The summed E-state index contributed by atoms with van der Waals surface area (Å²) in [6, 6.07) is 13.5. The van der Waals surface area contributed by atoms with Gasteiger partial charge in [-0.25, -0.2) is 4.79 Å². The minimum atomic E-state index is -1.01. The standard InChI is InChI=1S/C35H46B2O6S2/c1-10-11-12-16-19-23-24-20-26(36-41-33(4,5)32(2,3)39)44-29(24)30-25(28(23)31(38)40-22-17-14-13-15-18-22)21-27(45-30)37-42-34(6,7)35(8,9)43-37/h13-15,17-18,20-21,36,39H,10-12,16,19H2,1-9H3. The molecular weight excluding hydrogens is 602 g/mol. The fourth-order valence-electron chi connectivity index (χ4n) is 5.34. The average Bonchev–Trinajstić information content (AvgIpc) is 3.63. The Balaban J connectivity index is 1.67. The molecule has 0 saturated carbocycles. The van der Waals surface area contributed by atoms with E-state index in [2.05, 4.69) is 46.8 Å². The zero-order valence-electron chi connectivity index (χ0n) is 28.2. The van der Waals surface area contributed by atoms with Gasteiger partial charge < -0.3 is 23.8 Å². The molecule has 1 aliphatic heterocycles. The largest absolute Gasteiger partial charge is 0.505 e. The fraction of sp³-hybridized carbons (Fsp3) is 0.514. The van der Waals surface area contributed by atoms with Crippen molar-refractivity contribution in [2.24, 2.45) is 0 Å². The molecule has 5 rings (SSSR count). The number of benzene rings is 2. The highest BCUT2D eigenvalue weighted by Crippen LogP contribution is 2.42. The first-order valence-corrected chi connectivity index (χ1v) is 17.7. The van der Waals surface area contributed by atoms with Crippen molar-refractivity contribution in [1.29, 1.82) is 0 Å². The Kier molecular flexibility index (Phi) is 9.69. The van der Waals surface area contributed by atoms with Crippen LogP contribution in [-0.4, -0.2) is 48.1 Å². The number of rotatable bonds is 12. The van der Waals surface area contributed by atoms with Crippen LogP contribution in [0.25, 0.3) is 20.2 Å². The van der Waals surface area contributed by atoms with Gasteiger partial charge in [0.25, 0.3) is 0 Å². The molecule has 0 aliphatic carbocycles. The Morgan fingerprint density at radius 1 is 0.933 bits per heavy atom. The van der Waals surface area contributed by atoms with Crippen molar-refractivity contribution in [3.63, 3.8) is 0 Å². The van der Waals surface area contributed by atoms with Gasteiger partial charge in [0.15, 0.2) is 0 Å². The van der Waals surface area contributed by atoms with Crippen molar-refractivity contribution in [3.8, 4) is 5.75 Å². The second-order valence-corrected chi connectivity index (χ2v) is 16.4. The molecule has 0 atom stereocenters. The number of esters is 1. The third-order valence-electron chi connectivity index (χ3n) is 9.61. The number of hydrogen-bond acceptors (Lipinski definition) is 8. The number of ether oxygens (including phenoxy) is 1. The first-order chi connectivity index (χ1) is 21.0. The summed E-state index contributed by atoms with van der Waals surface area (Å²) in [5, 5.41) is 12.6. The van der Waals surface area contributed by atoms with Gasteiger partial charge in [-0.05, 0) is 103 Å². The zero-order valence-corrected chi connectivity index (χ0v) is 29.8. The first-order valence-electron chi connectivity index (χ1n) is 16.0. The Hall–Kier alpha value is -2.20. The maximum absolute atomic E-state index is 14.2. The number of para-hydroxylation sites is 1. The van der Waals surface area contributed by atoms with E-state index in [1.54, 1.807) is 36.5 Å². The third-order valence-corrected chi connectivity index (χ3v) is 12.0. The lowest BCUT2D eigenvalue weighted by atomic mass is 9.85. The van der Waals surface area contributed by atoms with E-state index < -0.39 is 29.5 Å². The summed E-state index contributed by atoms with van der Waals surface area (Å²) in [5.41, 5.74) is -1.11. The number of carbonyl (C=O) groups excluding carboxylic acids is 1. The molecule has 240 valence electrons. The van der Waals surface area contributed by atoms with Gasteiger partial charge >= 0.3 is 20.6 Å². The highest BCUT2D eigenvalue weighted by Gasteiger charge is 2.52. The van der Waals surface area contributed by atoms with Crippen molar-refractivity contribution in [1.82, 2.24) is 0 Å². The number of carbonyl (C=O) groups is 1. The first kappa shape index (κ1) is 34.1. The molecule has 0 amide bonds. The van der Waals surface area contributed by atoms with E-state index in [1.807, 2.05) is 44.2 Å². The monoisotopic (exact) mass is 648 g/mol. The Bertz CT molecular complexity index is 1650. The number of thiophene rings is 2. The van der Waals surface area contributed by atoms with Gasteiger partial charge in [-0.2, -0.15) is 0 Å². The topological polar surface area (TPSA) is 74.2 Å². The second-order valence-electron chi connectivity index (χ2n) is 14.2. The van der Waals surface area contributed by atoms with E-state index in [4.69, 9.17) is 18.7 Å². The van der Waals surface area contributed by atoms with Gasteiger partial charge in [0.2, 0.25) is 0 Å². The Morgan fingerprint density at radius 3 is 2.20 bits per heavy atom. The fourth-order valence-corrected chi connectivity index (χ4v) is 7.72. The Labute approximate surface area is 276 Å². The molecule has 45 heavy (non-hydrogen) atoms. The highest BCUT2D eigenvalue weighted by atomic mass is 32.1. The SMILES string of the molecule is CCCCCCc1c(C(=O)Oc2ccccc2)c2cc(B3OC(C)(C)C(C)(C)O3)sc2c2sc(BOC(C)(C)C(C)(C)O)cc12. The Morgan fingerprint density at radius 2 is 1.58 bits per heavy atom. The quantitative estimate of drug-likeness (QED) is 0.0753. The van der Waals surface area contributed by atoms with Crippen molar-refractivity contribution >= 4 is 73.0 Å². The average molecular weight is 649 g/mol.